The van der Waals surface area contributed by atoms with Crippen LogP contribution in [0.4, 0.5) is 26.3 Å². The molecule has 0 saturated carbocycles. The molecule has 3 aliphatic rings. The van der Waals surface area contributed by atoms with Crippen molar-refractivity contribution >= 4 is 17.6 Å². The predicted molar refractivity (Wildman–Crippen MR) is 170 cm³/mol. The summed E-state index contributed by atoms with van der Waals surface area (Å²) in [5, 5.41) is 0. The van der Waals surface area contributed by atoms with Gasteiger partial charge in [-0.25, -0.2) is 0 Å². The topological polar surface area (TPSA) is 77.3 Å². The highest BCUT2D eigenvalue weighted by molar-refractivity contribution is 6.41. The lowest BCUT2D eigenvalue weighted by Crippen LogP contribution is -2.59. The van der Waals surface area contributed by atoms with Crippen molar-refractivity contribution in [2.45, 2.75) is 62.6 Å². The molecular formula is C36H38F6N4O4. The number of amides is 2. The number of likely N-dealkylation sites (tertiary alicyclic amines) is 2. The van der Waals surface area contributed by atoms with Gasteiger partial charge >= 0.3 is 12.4 Å². The highest BCUT2D eigenvalue weighted by atomic mass is 19.4. The van der Waals surface area contributed by atoms with E-state index in [4.69, 9.17) is 4.42 Å². The molecule has 3 atom stereocenters. The zero-order valence-electron chi connectivity index (χ0n) is 27.3. The first-order valence-electron chi connectivity index (χ1n) is 16.8. The van der Waals surface area contributed by atoms with Crippen LogP contribution in [0.1, 0.15) is 63.3 Å². The SMILES string of the molecule is O=C(C(=O)N1CCCC(N2CCN(C3CCN(C(=O)c4cc(C(F)(F)F)cc(C(F)(F)F)c4)C(Cc4ccccc4)C3)CC2)C1)c1ccco1. The Kier molecular flexibility index (Phi) is 10.4. The van der Waals surface area contributed by atoms with Crippen molar-refractivity contribution in [2.24, 2.45) is 0 Å². The van der Waals surface area contributed by atoms with Gasteiger partial charge in [0.15, 0.2) is 5.76 Å². The fourth-order valence-electron chi connectivity index (χ4n) is 7.51. The van der Waals surface area contributed by atoms with E-state index in [9.17, 15) is 40.7 Å². The summed E-state index contributed by atoms with van der Waals surface area (Å²) in [5.41, 5.74) is -2.76. The summed E-state index contributed by atoms with van der Waals surface area (Å²) in [6.07, 6.45) is -5.68. The second kappa shape index (κ2) is 14.6. The van der Waals surface area contributed by atoms with Crippen LogP contribution in [-0.2, 0) is 23.6 Å². The number of carbonyl (C=O) groups excluding carboxylic acids is 3. The number of rotatable bonds is 7. The number of hydrogen-bond donors (Lipinski definition) is 0. The molecular weight excluding hydrogens is 666 g/mol. The molecule has 268 valence electrons. The molecule has 3 aliphatic heterocycles. The number of nitrogens with zero attached hydrogens (tertiary/aromatic N) is 4. The molecule has 0 N–H and O–H groups in total. The van der Waals surface area contributed by atoms with Gasteiger partial charge in [0, 0.05) is 69.5 Å². The summed E-state index contributed by atoms with van der Waals surface area (Å²) in [6.45, 7) is 4.01. The van der Waals surface area contributed by atoms with Crippen LogP contribution in [0, 0.1) is 0 Å². The molecule has 1 aromatic heterocycles. The number of halogens is 6. The molecule has 3 aromatic rings. The van der Waals surface area contributed by atoms with Gasteiger partial charge in [0.2, 0.25) is 0 Å². The number of alkyl halides is 6. The van der Waals surface area contributed by atoms with E-state index in [1.807, 2.05) is 30.3 Å². The van der Waals surface area contributed by atoms with Crippen LogP contribution >= 0.6 is 0 Å². The number of piperidine rings is 2. The van der Waals surface area contributed by atoms with Crippen molar-refractivity contribution in [3.8, 4) is 0 Å². The van der Waals surface area contributed by atoms with E-state index in [0.29, 0.717) is 44.5 Å². The maximum Gasteiger partial charge on any atom is 0.416 e. The summed E-state index contributed by atoms with van der Waals surface area (Å²) in [4.78, 5) is 46.9. The minimum absolute atomic E-state index is 0.0185. The molecule has 0 bridgehead atoms. The van der Waals surface area contributed by atoms with E-state index in [1.54, 1.807) is 11.0 Å². The maximum atomic E-state index is 13.8. The summed E-state index contributed by atoms with van der Waals surface area (Å²) >= 11 is 0. The van der Waals surface area contributed by atoms with E-state index in [-0.39, 0.29) is 30.5 Å². The first kappa shape index (κ1) is 35.6. The minimum atomic E-state index is -5.06. The second-order valence-electron chi connectivity index (χ2n) is 13.2. The third-order valence-corrected chi connectivity index (χ3v) is 10.1. The predicted octanol–water partition coefficient (Wildman–Crippen LogP) is 6.02. The maximum absolute atomic E-state index is 13.8. The molecule has 3 unspecified atom stereocenters. The molecule has 3 saturated heterocycles. The number of piperazine rings is 1. The van der Waals surface area contributed by atoms with Gasteiger partial charge in [0.1, 0.15) is 0 Å². The lowest BCUT2D eigenvalue weighted by Gasteiger charge is -2.48. The third kappa shape index (κ3) is 8.07. The average Bonchev–Trinajstić information content (AvgIpc) is 3.66. The Hall–Kier alpha value is -4.17. The van der Waals surface area contributed by atoms with Gasteiger partial charge in [-0.1, -0.05) is 30.3 Å². The molecule has 50 heavy (non-hydrogen) atoms. The molecule has 8 nitrogen and oxygen atoms in total. The van der Waals surface area contributed by atoms with Crippen LogP contribution in [0.3, 0.4) is 0 Å². The molecule has 2 aromatic carbocycles. The van der Waals surface area contributed by atoms with Gasteiger partial charge in [-0.15, -0.1) is 0 Å². The van der Waals surface area contributed by atoms with Gasteiger partial charge in [0.05, 0.1) is 17.4 Å². The molecule has 3 fully saturated rings. The van der Waals surface area contributed by atoms with Gasteiger partial charge in [-0.3, -0.25) is 24.2 Å². The fraction of sp³-hybridized carbons (Fsp3) is 0.472. The van der Waals surface area contributed by atoms with E-state index >= 15 is 0 Å². The highest BCUT2D eigenvalue weighted by Gasteiger charge is 2.41. The first-order chi connectivity index (χ1) is 23.8. The van der Waals surface area contributed by atoms with Crippen LogP contribution in [0.25, 0.3) is 0 Å². The molecule has 2 amide bonds. The number of benzene rings is 2. The Morgan fingerprint density at radius 1 is 0.740 bits per heavy atom. The normalized spacial score (nSPS) is 22.8. The quantitative estimate of drug-likeness (QED) is 0.170. The number of carbonyl (C=O) groups is 3. The van der Waals surface area contributed by atoms with Gasteiger partial charge < -0.3 is 14.2 Å². The Bertz CT molecular complexity index is 1620. The van der Waals surface area contributed by atoms with Crippen LogP contribution in [0.5, 0.6) is 0 Å². The number of furan rings is 1. The van der Waals surface area contributed by atoms with Gasteiger partial charge in [-0.05, 0) is 68.0 Å². The van der Waals surface area contributed by atoms with Crippen molar-refractivity contribution in [1.82, 2.24) is 19.6 Å². The number of Topliss-reactive ketones (excluding diaryl/α,β-unsaturated/α-hetero) is 1. The van der Waals surface area contributed by atoms with E-state index in [0.717, 1.165) is 44.6 Å². The van der Waals surface area contributed by atoms with Crippen LogP contribution in [0.15, 0.2) is 71.3 Å². The summed E-state index contributed by atoms with van der Waals surface area (Å²) in [7, 11) is 0. The van der Waals surface area contributed by atoms with E-state index in [1.165, 1.54) is 17.2 Å². The highest BCUT2D eigenvalue weighted by Crippen LogP contribution is 2.37. The lowest BCUT2D eigenvalue weighted by atomic mass is 9.90. The Labute approximate surface area is 285 Å². The Morgan fingerprint density at radius 2 is 1.38 bits per heavy atom. The van der Waals surface area contributed by atoms with Crippen LogP contribution in [0.2, 0.25) is 0 Å². The molecule has 6 rings (SSSR count). The summed E-state index contributed by atoms with van der Waals surface area (Å²) < 4.78 is 86.8. The summed E-state index contributed by atoms with van der Waals surface area (Å²) in [6, 6.07) is 13.1. The largest absolute Gasteiger partial charge is 0.461 e. The molecule has 0 radical (unpaired) electrons. The minimum Gasteiger partial charge on any atom is -0.461 e. The monoisotopic (exact) mass is 704 g/mol. The molecule has 0 aliphatic carbocycles. The van der Waals surface area contributed by atoms with Crippen molar-refractivity contribution in [3.63, 3.8) is 0 Å². The van der Waals surface area contributed by atoms with Crippen molar-refractivity contribution in [3.05, 3.63) is 94.9 Å². The molecule has 4 heterocycles. The molecule has 0 spiro atoms. The number of ketones is 1. The van der Waals surface area contributed by atoms with Gasteiger partial charge in [-0.2, -0.15) is 26.3 Å². The van der Waals surface area contributed by atoms with Gasteiger partial charge in [0.25, 0.3) is 17.6 Å². The molecule has 14 heteroatoms. The zero-order chi connectivity index (χ0) is 35.6. The average molecular weight is 705 g/mol. The second-order valence-corrected chi connectivity index (χ2v) is 13.2. The van der Waals surface area contributed by atoms with E-state index < -0.39 is 52.7 Å². The Balaban J connectivity index is 1.13. The smallest absolute Gasteiger partial charge is 0.416 e. The van der Waals surface area contributed by atoms with Crippen LogP contribution < -0.4 is 0 Å². The van der Waals surface area contributed by atoms with E-state index in [2.05, 4.69) is 9.80 Å². The van der Waals surface area contributed by atoms with Crippen molar-refractivity contribution in [2.75, 3.05) is 45.8 Å². The first-order valence-corrected chi connectivity index (χ1v) is 16.8. The van der Waals surface area contributed by atoms with Crippen molar-refractivity contribution in [1.29, 1.82) is 0 Å². The Morgan fingerprint density at radius 3 is 1.98 bits per heavy atom. The fourth-order valence-corrected chi connectivity index (χ4v) is 7.51. The standard InChI is InChI=1S/C36H38F6N4O4/c37-35(38,39)26-19-25(20-27(21-26)36(40,41)42)33(48)46-12-10-28(22-30(46)18-24-6-2-1-3-7-24)43-13-15-44(16-14-43)29-8-4-11-45(23-29)34(49)32(47)31-9-5-17-50-31/h1-3,5-7,9,17,19-21,28-30H,4,8,10-16,18,22-23H2. The third-order valence-electron chi connectivity index (χ3n) is 10.1. The number of hydrogen-bond acceptors (Lipinski definition) is 6. The lowest BCUT2D eigenvalue weighted by molar-refractivity contribution is -0.143. The van der Waals surface area contributed by atoms with Crippen molar-refractivity contribution < 1.29 is 45.1 Å². The van der Waals surface area contributed by atoms with Crippen LogP contribution in [-0.4, -0.2) is 101 Å². The summed E-state index contributed by atoms with van der Waals surface area (Å²) in [5.74, 6) is -2.07. The zero-order valence-corrected chi connectivity index (χ0v) is 27.3.